The molecular formula is C15H15N5S. The molecule has 0 saturated heterocycles. The third kappa shape index (κ3) is 2.85. The zero-order valence-electron chi connectivity index (χ0n) is 11.6. The minimum atomic E-state index is 0.625. The van der Waals surface area contributed by atoms with Gasteiger partial charge in [0, 0.05) is 29.4 Å². The molecule has 1 aromatic carbocycles. The Balaban J connectivity index is 1.87. The van der Waals surface area contributed by atoms with Crippen LogP contribution in [0.1, 0.15) is 6.92 Å². The van der Waals surface area contributed by atoms with Crippen LogP contribution in [0.15, 0.2) is 42.9 Å². The zero-order chi connectivity index (χ0) is 14.7. The van der Waals surface area contributed by atoms with Crippen molar-refractivity contribution < 1.29 is 0 Å². The number of aromatic nitrogens is 3. The molecule has 2 heterocycles. The Labute approximate surface area is 127 Å². The number of nitrogens with zero attached hydrogens (tertiary/aromatic N) is 2. The number of aromatic amines is 1. The van der Waals surface area contributed by atoms with Crippen molar-refractivity contribution in [3.05, 3.63) is 42.9 Å². The summed E-state index contributed by atoms with van der Waals surface area (Å²) < 4.78 is 0. The molecule has 0 saturated carbocycles. The van der Waals surface area contributed by atoms with E-state index in [9.17, 15) is 0 Å². The van der Waals surface area contributed by atoms with Crippen LogP contribution in [0, 0.1) is 0 Å². The smallest absolute Gasteiger partial charge is 0.170 e. The van der Waals surface area contributed by atoms with Crippen molar-refractivity contribution in [3.63, 3.8) is 0 Å². The Morgan fingerprint density at radius 2 is 2.00 bits per heavy atom. The van der Waals surface area contributed by atoms with Crippen LogP contribution in [0.2, 0.25) is 0 Å². The van der Waals surface area contributed by atoms with Gasteiger partial charge in [0.15, 0.2) is 5.11 Å². The topological polar surface area (TPSA) is 65.6 Å². The van der Waals surface area contributed by atoms with Crippen LogP contribution in [-0.2, 0) is 0 Å². The summed E-state index contributed by atoms with van der Waals surface area (Å²) in [5.41, 5.74) is 3.75. The summed E-state index contributed by atoms with van der Waals surface area (Å²) in [5.74, 6) is 0. The SMILES string of the molecule is CCNC(=S)Nc1ccc(-c2ncnc3[nH]ccc23)cc1. The molecule has 6 heteroatoms. The second kappa shape index (κ2) is 5.88. The molecule has 0 aliphatic rings. The Morgan fingerprint density at radius 1 is 1.19 bits per heavy atom. The van der Waals surface area contributed by atoms with E-state index < -0.39 is 0 Å². The summed E-state index contributed by atoms with van der Waals surface area (Å²) in [4.78, 5) is 11.7. The molecule has 0 amide bonds. The van der Waals surface area contributed by atoms with E-state index in [1.54, 1.807) is 6.33 Å². The number of benzene rings is 1. The highest BCUT2D eigenvalue weighted by Gasteiger charge is 2.07. The first-order chi connectivity index (χ1) is 10.3. The van der Waals surface area contributed by atoms with Gasteiger partial charge in [-0.05, 0) is 37.3 Å². The van der Waals surface area contributed by atoms with Crippen LogP contribution in [0.5, 0.6) is 0 Å². The third-order valence-electron chi connectivity index (χ3n) is 3.11. The second-order valence-electron chi connectivity index (χ2n) is 4.52. The number of thiocarbonyl (C=S) groups is 1. The molecule has 0 atom stereocenters. The summed E-state index contributed by atoms with van der Waals surface area (Å²) in [5, 5.41) is 7.83. The van der Waals surface area contributed by atoms with E-state index >= 15 is 0 Å². The van der Waals surface area contributed by atoms with Crippen molar-refractivity contribution in [3.8, 4) is 11.3 Å². The number of nitrogens with one attached hydrogen (secondary N) is 3. The first-order valence-electron chi connectivity index (χ1n) is 6.71. The number of fused-ring (bicyclic) bond motifs is 1. The van der Waals surface area contributed by atoms with Gasteiger partial charge < -0.3 is 15.6 Å². The van der Waals surface area contributed by atoms with Crippen molar-refractivity contribution >= 4 is 34.1 Å². The number of rotatable bonds is 3. The van der Waals surface area contributed by atoms with Crippen LogP contribution in [0.25, 0.3) is 22.3 Å². The van der Waals surface area contributed by atoms with Gasteiger partial charge in [0.05, 0.1) is 5.69 Å². The van der Waals surface area contributed by atoms with E-state index in [0.717, 1.165) is 34.5 Å². The van der Waals surface area contributed by atoms with E-state index in [0.29, 0.717) is 5.11 Å². The van der Waals surface area contributed by atoms with E-state index in [1.165, 1.54) is 0 Å². The predicted octanol–water partition coefficient (Wildman–Crippen LogP) is 2.93. The fraction of sp³-hybridized carbons (Fsp3) is 0.133. The molecule has 2 aromatic heterocycles. The largest absolute Gasteiger partial charge is 0.363 e. The monoisotopic (exact) mass is 297 g/mol. The van der Waals surface area contributed by atoms with Crippen LogP contribution in [-0.4, -0.2) is 26.6 Å². The number of hydrogen-bond acceptors (Lipinski definition) is 3. The van der Waals surface area contributed by atoms with Gasteiger partial charge in [-0.1, -0.05) is 12.1 Å². The quantitative estimate of drug-likeness (QED) is 0.649. The van der Waals surface area contributed by atoms with Gasteiger partial charge in [0.2, 0.25) is 0 Å². The van der Waals surface area contributed by atoms with Gasteiger partial charge in [-0.15, -0.1) is 0 Å². The molecule has 0 spiro atoms. The normalized spacial score (nSPS) is 10.5. The first-order valence-corrected chi connectivity index (χ1v) is 7.12. The Hall–Kier alpha value is -2.47. The lowest BCUT2D eigenvalue weighted by atomic mass is 10.1. The highest BCUT2D eigenvalue weighted by molar-refractivity contribution is 7.80. The molecule has 0 bridgehead atoms. The molecule has 3 N–H and O–H groups in total. The van der Waals surface area contributed by atoms with Crippen molar-refractivity contribution in [2.24, 2.45) is 0 Å². The van der Waals surface area contributed by atoms with Gasteiger partial charge in [0.25, 0.3) is 0 Å². The molecule has 0 fully saturated rings. The maximum Gasteiger partial charge on any atom is 0.170 e. The van der Waals surface area contributed by atoms with E-state index in [-0.39, 0.29) is 0 Å². The first kappa shape index (κ1) is 13.5. The van der Waals surface area contributed by atoms with Crippen LogP contribution in [0.4, 0.5) is 5.69 Å². The van der Waals surface area contributed by atoms with Gasteiger partial charge in [-0.2, -0.15) is 0 Å². The lowest BCUT2D eigenvalue weighted by Crippen LogP contribution is -2.27. The van der Waals surface area contributed by atoms with Crippen molar-refractivity contribution in [2.75, 3.05) is 11.9 Å². The Kier molecular flexibility index (Phi) is 3.79. The maximum absolute atomic E-state index is 5.17. The molecule has 5 nitrogen and oxygen atoms in total. The summed E-state index contributed by atoms with van der Waals surface area (Å²) >= 11 is 5.17. The average molecular weight is 297 g/mol. The van der Waals surface area contributed by atoms with E-state index in [2.05, 4.69) is 25.6 Å². The van der Waals surface area contributed by atoms with Gasteiger partial charge >= 0.3 is 0 Å². The minimum absolute atomic E-state index is 0.625. The van der Waals surface area contributed by atoms with Crippen molar-refractivity contribution in [1.29, 1.82) is 0 Å². The minimum Gasteiger partial charge on any atom is -0.363 e. The maximum atomic E-state index is 5.17. The molecule has 0 aliphatic heterocycles. The molecule has 21 heavy (non-hydrogen) atoms. The number of H-pyrrole nitrogens is 1. The molecule has 3 rings (SSSR count). The summed E-state index contributed by atoms with van der Waals surface area (Å²) in [6, 6.07) is 9.99. The van der Waals surface area contributed by atoms with E-state index in [4.69, 9.17) is 12.2 Å². The highest BCUT2D eigenvalue weighted by Crippen LogP contribution is 2.25. The fourth-order valence-electron chi connectivity index (χ4n) is 2.15. The van der Waals surface area contributed by atoms with Gasteiger partial charge in [-0.25, -0.2) is 9.97 Å². The van der Waals surface area contributed by atoms with Crippen molar-refractivity contribution in [2.45, 2.75) is 6.92 Å². The fourth-order valence-corrected chi connectivity index (χ4v) is 2.41. The second-order valence-corrected chi connectivity index (χ2v) is 4.93. The Morgan fingerprint density at radius 3 is 2.76 bits per heavy atom. The molecule has 0 unspecified atom stereocenters. The molecule has 0 radical (unpaired) electrons. The third-order valence-corrected chi connectivity index (χ3v) is 3.35. The van der Waals surface area contributed by atoms with Crippen molar-refractivity contribution in [1.82, 2.24) is 20.3 Å². The van der Waals surface area contributed by atoms with Crippen LogP contribution in [0.3, 0.4) is 0 Å². The summed E-state index contributed by atoms with van der Waals surface area (Å²) in [6.45, 7) is 2.81. The summed E-state index contributed by atoms with van der Waals surface area (Å²) in [6.07, 6.45) is 3.44. The highest BCUT2D eigenvalue weighted by atomic mass is 32.1. The lowest BCUT2D eigenvalue weighted by Gasteiger charge is -2.09. The molecule has 0 aliphatic carbocycles. The summed E-state index contributed by atoms with van der Waals surface area (Å²) in [7, 11) is 0. The van der Waals surface area contributed by atoms with Gasteiger partial charge in [0.1, 0.15) is 12.0 Å². The molecule has 106 valence electrons. The number of anilines is 1. The van der Waals surface area contributed by atoms with Crippen LogP contribution < -0.4 is 10.6 Å². The molecular weight excluding hydrogens is 282 g/mol. The average Bonchev–Trinajstić information content (AvgIpc) is 2.97. The number of hydrogen-bond donors (Lipinski definition) is 3. The van der Waals surface area contributed by atoms with Crippen LogP contribution >= 0.6 is 12.2 Å². The molecule has 3 aromatic rings. The van der Waals surface area contributed by atoms with E-state index in [1.807, 2.05) is 43.5 Å². The Bertz CT molecular complexity index is 763. The predicted molar refractivity (Wildman–Crippen MR) is 89.2 cm³/mol. The lowest BCUT2D eigenvalue weighted by molar-refractivity contribution is 0.979. The standard InChI is InChI=1S/C15H15N5S/c1-2-16-15(21)20-11-5-3-10(4-6-11)13-12-7-8-17-14(12)19-9-18-13/h3-9H,2H2,1H3,(H2,16,20,21)(H,17,18,19). The zero-order valence-corrected chi connectivity index (χ0v) is 12.4. The van der Waals surface area contributed by atoms with Gasteiger partial charge in [-0.3, -0.25) is 0 Å².